The molecule has 18 heavy (non-hydrogen) atoms. The third kappa shape index (κ3) is 2.81. The molecule has 1 heterocycles. The van der Waals surface area contributed by atoms with Crippen LogP contribution in [0.5, 0.6) is 0 Å². The van der Waals surface area contributed by atoms with Crippen LogP contribution < -0.4 is 0 Å². The summed E-state index contributed by atoms with van der Waals surface area (Å²) < 4.78 is 0. The molecule has 6 heteroatoms. The highest BCUT2D eigenvalue weighted by Crippen LogP contribution is 2.32. The van der Waals surface area contributed by atoms with Gasteiger partial charge in [-0.2, -0.15) is 0 Å². The molecule has 0 spiro atoms. The van der Waals surface area contributed by atoms with Gasteiger partial charge in [-0.1, -0.05) is 13.8 Å². The van der Waals surface area contributed by atoms with Crippen LogP contribution in [0, 0.1) is 11.3 Å². The van der Waals surface area contributed by atoms with Crippen molar-refractivity contribution in [3.8, 4) is 0 Å². The van der Waals surface area contributed by atoms with E-state index in [1.165, 1.54) is 4.90 Å². The van der Waals surface area contributed by atoms with E-state index >= 15 is 0 Å². The van der Waals surface area contributed by atoms with Crippen molar-refractivity contribution in [1.29, 1.82) is 0 Å². The van der Waals surface area contributed by atoms with Crippen molar-refractivity contribution in [2.24, 2.45) is 11.3 Å². The summed E-state index contributed by atoms with van der Waals surface area (Å²) in [7, 11) is 0. The number of amides is 1. The number of likely N-dealkylation sites (tertiary alicyclic amines) is 1. The lowest BCUT2D eigenvalue weighted by Crippen LogP contribution is -2.40. The third-order valence-electron chi connectivity index (χ3n) is 3.89. The smallest absolute Gasteiger partial charge is 0.310 e. The number of nitrogens with zero attached hydrogens (tertiary/aromatic N) is 1. The zero-order valence-electron chi connectivity index (χ0n) is 11.0. The fourth-order valence-corrected chi connectivity index (χ4v) is 1.93. The van der Waals surface area contributed by atoms with E-state index < -0.39 is 23.6 Å². The van der Waals surface area contributed by atoms with Crippen LogP contribution in [-0.2, 0) is 9.59 Å². The van der Waals surface area contributed by atoms with Gasteiger partial charge in [0.25, 0.3) is 0 Å². The number of hydrogen-bond acceptors (Lipinski definition) is 4. The zero-order valence-corrected chi connectivity index (χ0v) is 11.0. The van der Waals surface area contributed by atoms with Gasteiger partial charge >= 0.3 is 5.97 Å². The van der Waals surface area contributed by atoms with Gasteiger partial charge in [0, 0.05) is 19.5 Å². The summed E-state index contributed by atoms with van der Waals surface area (Å²) in [6.45, 7) is 5.19. The Morgan fingerprint density at radius 1 is 1.28 bits per heavy atom. The van der Waals surface area contributed by atoms with E-state index in [1.54, 1.807) is 20.8 Å². The molecule has 1 amide bonds. The highest BCUT2D eigenvalue weighted by molar-refractivity contribution is 5.85. The molecule has 0 saturated carbocycles. The van der Waals surface area contributed by atoms with E-state index in [2.05, 4.69) is 0 Å². The lowest BCUT2D eigenvalue weighted by Gasteiger charge is -2.30. The van der Waals surface area contributed by atoms with Crippen LogP contribution in [-0.4, -0.2) is 57.4 Å². The van der Waals surface area contributed by atoms with Crippen molar-refractivity contribution < 1.29 is 24.9 Å². The molecule has 0 radical (unpaired) electrons. The number of aliphatic hydroxyl groups excluding tert-OH is 2. The van der Waals surface area contributed by atoms with Gasteiger partial charge in [-0.05, 0) is 12.8 Å². The standard InChI is InChI=1S/C12H21NO5/c1-7(2)12(3,11(17)18)4-10(16)13-5-8(14)9(15)6-13/h7-9,14-15H,4-6H2,1-3H3,(H,17,18). The Hall–Kier alpha value is -1.14. The lowest BCUT2D eigenvalue weighted by atomic mass is 9.76. The number of aliphatic carboxylic acids is 1. The lowest BCUT2D eigenvalue weighted by molar-refractivity contribution is -0.155. The monoisotopic (exact) mass is 259 g/mol. The first-order valence-corrected chi connectivity index (χ1v) is 6.05. The Morgan fingerprint density at radius 3 is 2.06 bits per heavy atom. The molecule has 104 valence electrons. The van der Waals surface area contributed by atoms with Gasteiger partial charge in [0.1, 0.15) is 0 Å². The summed E-state index contributed by atoms with van der Waals surface area (Å²) in [5.74, 6) is -1.54. The number of hydrogen-bond donors (Lipinski definition) is 3. The van der Waals surface area contributed by atoms with Crippen LogP contribution in [0.25, 0.3) is 0 Å². The Kier molecular flexibility index (Phi) is 4.34. The Balaban J connectivity index is 2.72. The highest BCUT2D eigenvalue weighted by Gasteiger charge is 2.42. The fourth-order valence-electron chi connectivity index (χ4n) is 1.93. The molecule has 0 aromatic rings. The zero-order chi connectivity index (χ0) is 14.1. The first kappa shape index (κ1) is 14.9. The molecule has 0 aromatic carbocycles. The van der Waals surface area contributed by atoms with E-state index in [-0.39, 0.29) is 31.3 Å². The van der Waals surface area contributed by atoms with E-state index in [0.717, 1.165) is 0 Å². The fraction of sp³-hybridized carbons (Fsp3) is 0.833. The van der Waals surface area contributed by atoms with Gasteiger partial charge < -0.3 is 20.2 Å². The quantitative estimate of drug-likeness (QED) is 0.643. The van der Waals surface area contributed by atoms with Crippen LogP contribution in [0.15, 0.2) is 0 Å². The van der Waals surface area contributed by atoms with E-state index in [0.29, 0.717) is 0 Å². The van der Waals surface area contributed by atoms with E-state index in [9.17, 15) is 24.9 Å². The van der Waals surface area contributed by atoms with E-state index in [1.807, 2.05) is 0 Å². The first-order valence-electron chi connectivity index (χ1n) is 6.05. The maximum Gasteiger partial charge on any atom is 0.310 e. The van der Waals surface area contributed by atoms with Gasteiger partial charge in [0.05, 0.1) is 17.6 Å². The van der Waals surface area contributed by atoms with Gasteiger partial charge in [-0.25, -0.2) is 0 Å². The maximum atomic E-state index is 12.0. The van der Waals surface area contributed by atoms with Crippen LogP contribution in [0.1, 0.15) is 27.2 Å². The molecule has 0 aromatic heterocycles. The van der Waals surface area contributed by atoms with E-state index in [4.69, 9.17) is 0 Å². The largest absolute Gasteiger partial charge is 0.481 e. The average Bonchev–Trinajstić information content (AvgIpc) is 2.58. The molecule has 3 N–H and O–H groups in total. The summed E-state index contributed by atoms with van der Waals surface area (Å²) in [5.41, 5.74) is -1.13. The molecular formula is C12H21NO5. The summed E-state index contributed by atoms with van der Waals surface area (Å²) >= 11 is 0. The second kappa shape index (κ2) is 5.24. The number of carboxylic acids is 1. The van der Waals surface area contributed by atoms with Crippen LogP contribution in [0.3, 0.4) is 0 Å². The molecule has 3 atom stereocenters. The summed E-state index contributed by atoms with van der Waals surface area (Å²) in [6.07, 6.45) is -2.01. The molecule has 3 unspecified atom stereocenters. The number of rotatable bonds is 4. The van der Waals surface area contributed by atoms with Crippen molar-refractivity contribution in [2.45, 2.75) is 39.4 Å². The number of carbonyl (C=O) groups excluding carboxylic acids is 1. The predicted molar refractivity (Wildman–Crippen MR) is 63.8 cm³/mol. The second-order valence-corrected chi connectivity index (χ2v) is 5.49. The van der Waals surface area contributed by atoms with Crippen LogP contribution in [0.2, 0.25) is 0 Å². The topological polar surface area (TPSA) is 98.1 Å². The molecule has 0 bridgehead atoms. The molecular weight excluding hydrogens is 238 g/mol. The van der Waals surface area contributed by atoms with Gasteiger partial charge in [-0.3, -0.25) is 9.59 Å². The van der Waals surface area contributed by atoms with Crippen LogP contribution >= 0.6 is 0 Å². The minimum atomic E-state index is -1.13. The summed E-state index contributed by atoms with van der Waals surface area (Å²) in [4.78, 5) is 24.6. The Labute approximate surface area is 106 Å². The minimum Gasteiger partial charge on any atom is -0.481 e. The number of aliphatic hydroxyl groups is 2. The second-order valence-electron chi connectivity index (χ2n) is 5.49. The first-order chi connectivity index (χ1) is 8.18. The molecule has 1 aliphatic heterocycles. The van der Waals surface area contributed by atoms with Gasteiger partial charge in [0.2, 0.25) is 5.91 Å². The molecule has 1 aliphatic rings. The maximum absolute atomic E-state index is 12.0. The van der Waals surface area contributed by atoms with Crippen molar-refractivity contribution in [1.82, 2.24) is 4.90 Å². The summed E-state index contributed by atoms with van der Waals surface area (Å²) in [6, 6.07) is 0. The third-order valence-corrected chi connectivity index (χ3v) is 3.89. The number of β-amino-alcohol motifs (C(OH)–C–C–N with tert-alkyl or cyclic N) is 2. The van der Waals surface area contributed by atoms with Crippen LogP contribution in [0.4, 0.5) is 0 Å². The minimum absolute atomic E-state index is 0.0633. The van der Waals surface area contributed by atoms with Crippen molar-refractivity contribution in [3.63, 3.8) is 0 Å². The molecule has 1 fully saturated rings. The van der Waals surface area contributed by atoms with Crippen molar-refractivity contribution in [3.05, 3.63) is 0 Å². The molecule has 6 nitrogen and oxygen atoms in total. The number of carbonyl (C=O) groups is 2. The summed E-state index contributed by atoms with van der Waals surface area (Å²) in [5, 5.41) is 28.0. The average molecular weight is 259 g/mol. The molecule has 1 saturated heterocycles. The molecule has 1 rings (SSSR count). The number of carboxylic acid groups (broad SMARTS) is 1. The van der Waals surface area contributed by atoms with Crippen molar-refractivity contribution >= 4 is 11.9 Å². The Morgan fingerprint density at radius 2 is 1.72 bits per heavy atom. The predicted octanol–water partition coefficient (Wildman–Crippen LogP) is -0.313. The van der Waals surface area contributed by atoms with Crippen molar-refractivity contribution in [2.75, 3.05) is 13.1 Å². The normalized spacial score (nSPS) is 27.3. The SMILES string of the molecule is CC(C)C(C)(CC(=O)N1CC(O)C(O)C1)C(=O)O. The highest BCUT2D eigenvalue weighted by atomic mass is 16.4. The Bertz CT molecular complexity index is 333. The van der Waals surface area contributed by atoms with Gasteiger partial charge in [0.15, 0.2) is 0 Å². The molecule has 0 aliphatic carbocycles. The van der Waals surface area contributed by atoms with Gasteiger partial charge in [-0.15, -0.1) is 0 Å².